The number of nitrogens with one attached hydrogen (secondary N) is 2. The van der Waals surface area contributed by atoms with Crippen LogP contribution in [0.25, 0.3) is 0 Å². The molecule has 1 aromatic heterocycles. The van der Waals surface area contributed by atoms with Gasteiger partial charge in [0.15, 0.2) is 28.6 Å². The van der Waals surface area contributed by atoms with Gasteiger partial charge >= 0.3 is 0 Å². The summed E-state index contributed by atoms with van der Waals surface area (Å²) in [4.78, 5) is 31.0. The van der Waals surface area contributed by atoms with E-state index < -0.39 is 0 Å². The molecule has 11 nitrogen and oxygen atoms in total. The molecule has 0 atom stereocenters. The number of rotatable bonds is 5. The molecule has 1 aromatic carbocycles. The lowest BCUT2D eigenvalue weighted by Crippen LogP contribution is -2.43. The first kappa shape index (κ1) is 23.2. The van der Waals surface area contributed by atoms with Gasteiger partial charge in [0.05, 0.1) is 12.6 Å². The zero-order valence-corrected chi connectivity index (χ0v) is 18.5. The fourth-order valence-electron chi connectivity index (χ4n) is 3.32. The average Bonchev–Trinajstić information content (AvgIpc) is 2.77. The molecule has 8 N–H and O–H groups in total. The Bertz CT molecular complexity index is 1000. The lowest BCUT2D eigenvalue weighted by atomic mass is 10.1. The second-order valence-electron chi connectivity index (χ2n) is 7.27. The van der Waals surface area contributed by atoms with Gasteiger partial charge in [0.25, 0.3) is 0 Å². The standard InChI is InChI=1S/C20H27ClN10O/c1-25-19(15-17(22)29-18(23)16(21)28-15)30-20(24)27-13-7-9-31(10-8-13)11-14(32)26-12-5-3-2-4-6-12/h2-6,13H,7-11H2,1H3,(H,26,32)(H4,22,23,29)(H3,24,25,27,30). The summed E-state index contributed by atoms with van der Waals surface area (Å²) < 4.78 is 0. The second kappa shape index (κ2) is 10.7. The van der Waals surface area contributed by atoms with Crippen LogP contribution < -0.4 is 27.8 Å². The number of likely N-dealkylation sites (tertiary alicyclic amines) is 1. The van der Waals surface area contributed by atoms with Crippen molar-refractivity contribution in [3.05, 3.63) is 41.2 Å². The molecule has 0 unspecified atom stereocenters. The van der Waals surface area contributed by atoms with Crippen LogP contribution in [0.1, 0.15) is 18.5 Å². The van der Waals surface area contributed by atoms with E-state index in [1.807, 2.05) is 30.3 Å². The predicted octanol–water partition coefficient (Wildman–Crippen LogP) is 0.678. The molecule has 0 spiro atoms. The van der Waals surface area contributed by atoms with Gasteiger partial charge in [0, 0.05) is 25.8 Å². The van der Waals surface area contributed by atoms with Crippen LogP contribution >= 0.6 is 11.6 Å². The molecule has 1 aliphatic heterocycles. The van der Waals surface area contributed by atoms with Gasteiger partial charge in [0.1, 0.15) is 5.69 Å². The molecule has 1 fully saturated rings. The molecule has 1 aliphatic rings. The van der Waals surface area contributed by atoms with Crippen LogP contribution in [0.4, 0.5) is 17.3 Å². The summed E-state index contributed by atoms with van der Waals surface area (Å²) in [6, 6.07) is 9.42. The molecular weight excluding hydrogens is 432 g/mol. The summed E-state index contributed by atoms with van der Waals surface area (Å²) in [5, 5.41) is 5.83. The third-order valence-electron chi connectivity index (χ3n) is 4.90. The molecule has 2 aromatic rings. The number of guanidine groups is 1. The minimum Gasteiger partial charge on any atom is -0.382 e. The molecule has 170 valence electrons. The molecule has 0 bridgehead atoms. The van der Waals surface area contributed by atoms with Crippen LogP contribution in [0.5, 0.6) is 0 Å². The molecule has 3 rings (SSSR count). The first-order chi connectivity index (χ1) is 15.4. The Kier molecular flexibility index (Phi) is 7.79. The highest BCUT2D eigenvalue weighted by Gasteiger charge is 2.21. The monoisotopic (exact) mass is 458 g/mol. The number of nitrogens with two attached hydrogens (primary N) is 3. The first-order valence-electron chi connectivity index (χ1n) is 10.1. The number of nitrogen functional groups attached to an aromatic ring is 2. The van der Waals surface area contributed by atoms with Crippen molar-refractivity contribution in [2.45, 2.75) is 18.9 Å². The number of amidine groups is 1. The minimum atomic E-state index is -0.0380. The van der Waals surface area contributed by atoms with Crippen molar-refractivity contribution < 1.29 is 4.79 Å². The molecule has 0 saturated carbocycles. The van der Waals surface area contributed by atoms with Crippen molar-refractivity contribution in [3.8, 4) is 0 Å². The number of hydrogen-bond acceptors (Lipinski definition) is 8. The Hall–Kier alpha value is -3.44. The maximum Gasteiger partial charge on any atom is 0.238 e. The number of anilines is 3. The number of aromatic nitrogens is 2. The van der Waals surface area contributed by atoms with E-state index >= 15 is 0 Å². The van der Waals surface area contributed by atoms with Gasteiger partial charge in [-0.1, -0.05) is 29.8 Å². The number of aliphatic imine (C=N–C) groups is 2. The lowest BCUT2D eigenvalue weighted by molar-refractivity contribution is -0.117. The average molecular weight is 459 g/mol. The zero-order valence-electron chi connectivity index (χ0n) is 17.8. The number of carbonyl (C=O) groups excluding carboxylic acids is 1. The molecule has 0 aliphatic carbocycles. The van der Waals surface area contributed by atoms with E-state index in [4.69, 9.17) is 28.8 Å². The number of hydrogen-bond donors (Lipinski definition) is 5. The number of benzene rings is 1. The summed E-state index contributed by atoms with van der Waals surface area (Å²) in [5.74, 6) is 0.543. The van der Waals surface area contributed by atoms with E-state index in [0.717, 1.165) is 31.6 Å². The SMILES string of the molecule is CN=C(NC(N)=NC1CCN(CC(=O)Nc2ccccc2)CC1)c1nc(Cl)c(N)nc1N. The molecule has 2 heterocycles. The first-order valence-corrected chi connectivity index (χ1v) is 10.5. The number of amides is 1. The predicted molar refractivity (Wildman–Crippen MR) is 128 cm³/mol. The highest BCUT2D eigenvalue weighted by molar-refractivity contribution is 6.31. The zero-order chi connectivity index (χ0) is 23.1. The van der Waals surface area contributed by atoms with E-state index in [0.29, 0.717) is 6.54 Å². The number of carbonyl (C=O) groups is 1. The highest BCUT2D eigenvalue weighted by Crippen LogP contribution is 2.18. The lowest BCUT2D eigenvalue weighted by Gasteiger charge is -2.29. The van der Waals surface area contributed by atoms with E-state index in [1.165, 1.54) is 0 Å². The third kappa shape index (κ3) is 6.28. The van der Waals surface area contributed by atoms with Gasteiger partial charge in [-0.25, -0.2) is 15.0 Å². The van der Waals surface area contributed by atoms with E-state index in [9.17, 15) is 4.79 Å². The Balaban J connectivity index is 1.51. The van der Waals surface area contributed by atoms with Gasteiger partial charge in [-0.3, -0.25) is 14.7 Å². The van der Waals surface area contributed by atoms with Gasteiger partial charge in [-0.15, -0.1) is 0 Å². The van der Waals surface area contributed by atoms with Gasteiger partial charge in [-0.2, -0.15) is 0 Å². The maximum atomic E-state index is 12.2. The Labute approximate surface area is 191 Å². The molecule has 1 amide bonds. The van der Waals surface area contributed by atoms with Crippen LogP contribution in [-0.2, 0) is 4.79 Å². The number of nitrogens with zero attached hydrogens (tertiary/aromatic N) is 5. The molecular formula is C20H27ClN10O. The van der Waals surface area contributed by atoms with Gasteiger partial charge in [-0.05, 0) is 25.0 Å². The molecule has 32 heavy (non-hydrogen) atoms. The summed E-state index contributed by atoms with van der Waals surface area (Å²) in [6.45, 7) is 1.82. The van der Waals surface area contributed by atoms with Crippen LogP contribution in [0.15, 0.2) is 40.3 Å². The molecule has 0 radical (unpaired) electrons. The summed E-state index contributed by atoms with van der Waals surface area (Å²) in [7, 11) is 1.56. The topological polar surface area (TPSA) is 173 Å². The van der Waals surface area contributed by atoms with Crippen molar-refractivity contribution in [1.29, 1.82) is 0 Å². The number of piperidine rings is 1. The number of halogens is 1. The van der Waals surface area contributed by atoms with Crippen LogP contribution in [-0.4, -0.2) is 65.3 Å². The maximum absolute atomic E-state index is 12.2. The Morgan fingerprint density at radius 1 is 1.19 bits per heavy atom. The number of para-hydroxylation sites is 1. The van der Waals surface area contributed by atoms with E-state index in [2.05, 4.69) is 35.5 Å². The minimum absolute atomic E-state index is 0.0208. The fourth-order valence-corrected chi connectivity index (χ4v) is 3.45. The van der Waals surface area contributed by atoms with E-state index in [-0.39, 0.29) is 46.2 Å². The van der Waals surface area contributed by atoms with Crippen molar-refractivity contribution in [2.75, 3.05) is 43.5 Å². The molecule has 12 heteroatoms. The summed E-state index contributed by atoms with van der Waals surface area (Å²) in [5.41, 5.74) is 18.6. The summed E-state index contributed by atoms with van der Waals surface area (Å²) >= 11 is 5.94. The quantitative estimate of drug-likeness (QED) is 0.321. The van der Waals surface area contributed by atoms with Crippen molar-refractivity contribution >= 4 is 46.6 Å². The van der Waals surface area contributed by atoms with Crippen LogP contribution in [0, 0.1) is 0 Å². The van der Waals surface area contributed by atoms with Gasteiger partial charge in [0.2, 0.25) is 5.91 Å². The van der Waals surface area contributed by atoms with E-state index in [1.54, 1.807) is 7.05 Å². The van der Waals surface area contributed by atoms with Crippen molar-refractivity contribution in [1.82, 2.24) is 20.2 Å². The third-order valence-corrected chi connectivity index (χ3v) is 5.18. The largest absolute Gasteiger partial charge is 0.382 e. The Morgan fingerprint density at radius 3 is 2.53 bits per heavy atom. The highest BCUT2D eigenvalue weighted by atomic mass is 35.5. The Morgan fingerprint density at radius 2 is 1.88 bits per heavy atom. The smallest absolute Gasteiger partial charge is 0.238 e. The fraction of sp³-hybridized carbons (Fsp3) is 0.350. The van der Waals surface area contributed by atoms with Crippen molar-refractivity contribution in [2.24, 2.45) is 15.7 Å². The normalized spacial score (nSPS) is 16.1. The second-order valence-corrected chi connectivity index (χ2v) is 7.62. The van der Waals surface area contributed by atoms with Crippen molar-refractivity contribution in [3.63, 3.8) is 0 Å². The summed E-state index contributed by atoms with van der Waals surface area (Å²) in [6.07, 6.45) is 1.55. The van der Waals surface area contributed by atoms with Gasteiger partial charge < -0.3 is 27.8 Å². The molecule has 1 saturated heterocycles. The van der Waals surface area contributed by atoms with Crippen LogP contribution in [0.2, 0.25) is 5.15 Å². The van der Waals surface area contributed by atoms with Crippen LogP contribution in [0.3, 0.4) is 0 Å².